The summed E-state index contributed by atoms with van der Waals surface area (Å²) in [6.45, 7) is 6.35. The van der Waals surface area contributed by atoms with Crippen molar-refractivity contribution in [1.29, 1.82) is 5.26 Å². The number of Topliss-reactive ketones (excluding diaryl/α,β-unsaturated/α-hetero) is 1. The molecule has 1 saturated heterocycles. The number of nitrogens with zero attached hydrogens (tertiary/aromatic N) is 2. The van der Waals surface area contributed by atoms with Gasteiger partial charge in [-0.1, -0.05) is 60.7 Å². The Kier molecular flexibility index (Phi) is 7.61. The van der Waals surface area contributed by atoms with Gasteiger partial charge in [-0.15, -0.1) is 0 Å². The van der Waals surface area contributed by atoms with Gasteiger partial charge in [0.15, 0.2) is 11.2 Å². The van der Waals surface area contributed by atoms with E-state index in [4.69, 9.17) is 14.2 Å². The summed E-state index contributed by atoms with van der Waals surface area (Å²) in [4.78, 5) is 30.5. The molecule has 1 fully saturated rings. The molecule has 0 amide bonds. The number of carbonyl (C=O) groups is 2. The van der Waals surface area contributed by atoms with Crippen LogP contribution in [0, 0.1) is 16.7 Å². The number of esters is 1. The van der Waals surface area contributed by atoms with Crippen molar-refractivity contribution in [3.05, 3.63) is 95.6 Å². The largest absolute Gasteiger partial charge is 0.494 e. The van der Waals surface area contributed by atoms with E-state index in [9.17, 15) is 14.9 Å². The van der Waals surface area contributed by atoms with Gasteiger partial charge in [-0.25, -0.2) is 0 Å². The fraction of sp³-hybridized carbons (Fsp3) is 0.303. The zero-order chi connectivity index (χ0) is 28.3. The molecule has 0 spiro atoms. The highest BCUT2D eigenvalue weighted by Crippen LogP contribution is 2.58. The third kappa shape index (κ3) is 4.30. The van der Waals surface area contributed by atoms with Crippen molar-refractivity contribution in [2.45, 2.75) is 38.8 Å². The third-order valence-electron chi connectivity index (χ3n) is 7.60. The minimum absolute atomic E-state index is 0.0939. The number of ether oxygens (including phenoxy) is 3. The molecule has 3 aromatic rings. The van der Waals surface area contributed by atoms with E-state index in [0.717, 1.165) is 11.3 Å². The molecule has 4 unspecified atom stereocenters. The molecule has 2 aliphatic heterocycles. The van der Waals surface area contributed by atoms with E-state index in [0.29, 0.717) is 35.8 Å². The molecule has 7 heteroatoms. The van der Waals surface area contributed by atoms with Crippen molar-refractivity contribution in [3.63, 3.8) is 0 Å². The Balaban J connectivity index is 1.85. The van der Waals surface area contributed by atoms with Gasteiger partial charge < -0.3 is 19.1 Å². The Labute approximate surface area is 234 Å². The fourth-order valence-corrected chi connectivity index (χ4v) is 6.05. The lowest BCUT2D eigenvalue weighted by Gasteiger charge is -2.36. The molecular weight excluding hydrogens is 504 g/mol. The summed E-state index contributed by atoms with van der Waals surface area (Å²) in [5, 5.41) is 11.0. The molecule has 40 heavy (non-hydrogen) atoms. The van der Waals surface area contributed by atoms with Gasteiger partial charge in [0, 0.05) is 22.7 Å². The predicted octanol–water partition coefficient (Wildman–Crippen LogP) is 5.81. The number of carbonyl (C=O) groups excluding carboxylic acids is 2. The molecule has 2 heterocycles. The number of para-hydroxylation sites is 1. The smallest absolute Gasteiger partial charge is 0.329 e. The SMILES string of the molecule is CCOC(=O)C1(C#N)C(c2cc(OCC)ccc2OCC)C(C(=O)c2ccccc2)N2c3ccccc3C=CC21. The summed E-state index contributed by atoms with van der Waals surface area (Å²) in [7, 11) is 0. The average Bonchev–Trinajstić information content (AvgIpc) is 3.30. The summed E-state index contributed by atoms with van der Waals surface area (Å²) in [6.07, 6.45) is 3.76. The molecule has 0 N–H and O–H groups in total. The van der Waals surface area contributed by atoms with Crippen LogP contribution in [0.1, 0.15) is 48.2 Å². The van der Waals surface area contributed by atoms with Gasteiger partial charge in [-0.05, 0) is 50.6 Å². The molecule has 204 valence electrons. The van der Waals surface area contributed by atoms with E-state index in [1.54, 1.807) is 37.3 Å². The van der Waals surface area contributed by atoms with E-state index in [2.05, 4.69) is 6.07 Å². The van der Waals surface area contributed by atoms with Crippen LogP contribution in [0.4, 0.5) is 5.69 Å². The highest BCUT2D eigenvalue weighted by atomic mass is 16.5. The molecule has 2 aliphatic rings. The molecule has 0 radical (unpaired) electrons. The van der Waals surface area contributed by atoms with Crippen LogP contribution in [0.5, 0.6) is 11.5 Å². The van der Waals surface area contributed by atoms with Gasteiger partial charge >= 0.3 is 5.97 Å². The second-order valence-corrected chi connectivity index (χ2v) is 9.69. The van der Waals surface area contributed by atoms with Crippen molar-refractivity contribution >= 4 is 23.5 Å². The van der Waals surface area contributed by atoms with Gasteiger partial charge in [0.1, 0.15) is 17.5 Å². The Morgan fingerprint density at radius 1 is 0.925 bits per heavy atom. The van der Waals surface area contributed by atoms with Crippen LogP contribution in [0.15, 0.2) is 78.9 Å². The Morgan fingerprint density at radius 3 is 2.35 bits per heavy atom. The molecule has 4 atom stereocenters. The van der Waals surface area contributed by atoms with Crippen molar-refractivity contribution in [3.8, 4) is 17.6 Å². The van der Waals surface area contributed by atoms with Crippen molar-refractivity contribution < 1.29 is 23.8 Å². The van der Waals surface area contributed by atoms with Gasteiger partial charge in [0.25, 0.3) is 0 Å². The molecule has 7 nitrogen and oxygen atoms in total. The van der Waals surface area contributed by atoms with Crippen molar-refractivity contribution in [1.82, 2.24) is 0 Å². The van der Waals surface area contributed by atoms with Gasteiger partial charge in [-0.3, -0.25) is 9.59 Å². The number of hydrogen-bond acceptors (Lipinski definition) is 7. The topological polar surface area (TPSA) is 88.9 Å². The fourth-order valence-electron chi connectivity index (χ4n) is 6.05. The number of anilines is 1. The molecular formula is C33H32N2O5. The van der Waals surface area contributed by atoms with Crippen LogP contribution < -0.4 is 14.4 Å². The highest BCUT2D eigenvalue weighted by molar-refractivity contribution is 6.06. The Bertz CT molecular complexity index is 1480. The first kappa shape index (κ1) is 27.0. The number of ketones is 1. The van der Waals surface area contributed by atoms with Crippen LogP contribution >= 0.6 is 0 Å². The van der Waals surface area contributed by atoms with E-state index < -0.39 is 29.4 Å². The first-order valence-corrected chi connectivity index (χ1v) is 13.6. The maximum Gasteiger partial charge on any atom is 0.329 e. The minimum Gasteiger partial charge on any atom is -0.494 e. The summed E-state index contributed by atoms with van der Waals surface area (Å²) in [6, 6.07) is 22.8. The first-order chi connectivity index (χ1) is 19.5. The lowest BCUT2D eigenvalue weighted by molar-refractivity contribution is -0.152. The van der Waals surface area contributed by atoms with Crippen molar-refractivity contribution in [2.24, 2.45) is 5.41 Å². The molecule has 0 aliphatic carbocycles. The number of hydrogen-bond donors (Lipinski definition) is 0. The quantitative estimate of drug-likeness (QED) is 0.252. The standard InChI is InChI=1S/C33H32N2O5/c1-4-38-24-17-18-27(39-5-2)25(20-24)29-30(31(36)23-13-8-7-9-14-23)35-26-15-11-10-12-22(26)16-19-28(35)33(29,21-34)32(37)40-6-3/h7-20,28-30H,4-6H2,1-3H3. The zero-order valence-corrected chi connectivity index (χ0v) is 22.9. The maximum atomic E-state index is 14.6. The first-order valence-electron chi connectivity index (χ1n) is 13.6. The molecule has 3 aromatic carbocycles. The normalized spacial score (nSPS) is 22.6. The highest BCUT2D eigenvalue weighted by Gasteiger charge is 2.68. The van der Waals surface area contributed by atoms with Gasteiger partial charge in [0.2, 0.25) is 0 Å². The molecule has 0 aromatic heterocycles. The minimum atomic E-state index is -1.76. The van der Waals surface area contributed by atoms with E-state index in [1.807, 2.05) is 73.4 Å². The van der Waals surface area contributed by atoms with Crippen LogP contribution in [0.3, 0.4) is 0 Å². The summed E-state index contributed by atoms with van der Waals surface area (Å²) >= 11 is 0. The second-order valence-electron chi connectivity index (χ2n) is 9.69. The number of fused-ring (bicyclic) bond motifs is 3. The van der Waals surface area contributed by atoms with Crippen LogP contribution in [-0.4, -0.2) is 43.7 Å². The van der Waals surface area contributed by atoms with Gasteiger partial charge in [-0.2, -0.15) is 5.26 Å². The van der Waals surface area contributed by atoms with Crippen LogP contribution in [-0.2, 0) is 9.53 Å². The van der Waals surface area contributed by atoms with Crippen LogP contribution in [0.2, 0.25) is 0 Å². The Morgan fingerprint density at radius 2 is 1.65 bits per heavy atom. The predicted molar refractivity (Wildman–Crippen MR) is 153 cm³/mol. The zero-order valence-electron chi connectivity index (χ0n) is 22.9. The lowest BCUT2D eigenvalue weighted by atomic mass is 9.67. The molecule has 5 rings (SSSR count). The average molecular weight is 537 g/mol. The number of rotatable bonds is 9. The van der Waals surface area contributed by atoms with Crippen LogP contribution in [0.25, 0.3) is 6.08 Å². The summed E-state index contributed by atoms with van der Waals surface area (Å²) < 4.78 is 17.5. The van der Waals surface area contributed by atoms with E-state index in [-0.39, 0.29) is 12.4 Å². The molecule has 0 saturated carbocycles. The van der Waals surface area contributed by atoms with Gasteiger partial charge in [0.05, 0.1) is 31.9 Å². The van der Waals surface area contributed by atoms with Crippen molar-refractivity contribution in [2.75, 3.05) is 24.7 Å². The third-order valence-corrected chi connectivity index (χ3v) is 7.60. The molecule has 0 bridgehead atoms. The summed E-state index contributed by atoms with van der Waals surface area (Å²) in [5.74, 6) is -0.765. The number of benzene rings is 3. The number of nitriles is 1. The van der Waals surface area contributed by atoms with E-state index >= 15 is 0 Å². The monoisotopic (exact) mass is 536 g/mol. The lowest BCUT2D eigenvalue weighted by Crippen LogP contribution is -2.47. The Hall–Kier alpha value is -4.57. The summed E-state index contributed by atoms with van der Waals surface area (Å²) in [5.41, 5.74) is 0.951. The maximum absolute atomic E-state index is 14.6. The van der Waals surface area contributed by atoms with E-state index in [1.165, 1.54) is 0 Å². The second kappa shape index (κ2) is 11.3.